The van der Waals surface area contributed by atoms with E-state index in [0.717, 1.165) is 16.4 Å². The smallest absolute Gasteiger partial charge is 0.123 e. The first-order valence-electron chi connectivity index (χ1n) is 5.14. The molecule has 1 aromatic carbocycles. The molecule has 1 aromatic rings. The van der Waals surface area contributed by atoms with Crippen molar-refractivity contribution in [3.05, 3.63) is 35.6 Å². The molecule has 0 amide bonds. The molecule has 0 heterocycles. The highest BCUT2D eigenvalue weighted by molar-refractivity contribution is 14.1. The lowest BCUT2D eigenvalue weighted by Crippen LogP contribution is -2.13. The molecule has 3 heteroatoms. The molecule has 84 valence electrons. The molecule has 0 aliphatic carbocycles. The first-order valence-corrected chi connectivity index (χ1v) is 6.66. The molecule has 0 saturated heterocycles. The number of alkyl halides is 1. The molecular formula is C12H16FIO. The Balaban J connectivity index is 2.69. The van der Waals surface area contributed by atoms with Gasteiger partial charge in [0, 0.05) is 4.43 Å². The maximum Gasteiger partial charge on any atom is 0.123 e. The summed E-state index contributed by atoms with van der Waals surface area (Å²) in [5.74, 6) is -0.200. The molecule has 0 radical (unpaired) electrons. The Bertz CT molecular complexity index is 286. The number of benzene rings is 1. The summed E-state index contributed by atoms with van der Waals surface area (Å²) in [5.41, 5.74) is 1.05. The fourth-order valence-corrected chi connectivity index (χ4v) is 1.97. The summed E-state index contributed by atoms with van der Waals surface area (Å²) < 4.78 is 19.5. The van der Waals surface area contributed by atoms with Crippen LogP contribution in [-0.2, 0) is 4.74 Å². The highest BCUT2D eigenvalue weighted by Gasteiger charge is 2.13. The Morgan fingerprint density at radius 1 is 1.33 bits per heavy atom. The fraction of sp³-hybridized carbons (Fsp3) is 0.500. The molecule has 0 aliphatic rings. The SMILES string of the molecule is CCC(C)OC(CI)c1ccc(F)cc1. The lowest BCUT2D eigenvalue weighted by molar-refractivity contribution is 0.00975. The Morgan fingerprint density at radius 3 is 2.40 bits per heavy atom. The largest absolute Gasteiger partial charge is 0.370 e. The van der Waals surface area contributed by atoms with Gasteiger partial charge in [-0.05, 0) is 31.0 Å². The zero-order valence-electron chi connectivity index (χ0n) is 9.04. The highest BCUT2D eigenvalue weighted by Crippen LogP contribution is 2.22. The van der Waals surface area contributed by atoms with Crippen LogP contribution in [0, 0.1) is 5.82 Å². The van der Waals surface area contributed by atoms with Gasteiger partial charge in [-0.1, -0.05) is 41.6 Å². The molecule has 15 heavy (non-hydrogen) atoms. The summed E-state index contributed by atoms with van der Waals surface area (Å²) in [6.07, 6.45) is 1.31. The number of hydrogen-bond donors (Lipinski definition) is 0. The zero-order valence-corrected chi connectivity index (χ0v) is 11.2. The van der Waals surface area contributed by atoms with Crippen molar-refractivity contribution in [2.75, 3.05) is 4.43 Å². The van der Waals surface area contributed by atoms with E-state index in [9.17, 15) is 4.39 Å². The van der Waals surface area contributed by atoms with Crippen LogP contribution in [-0.4, -0.2) is 10.5 Å². The monoisotopic (exact) mass is 322 g/mol. The quantitative estimate of drug-likeness (QED) is 0.585. The average molecular weight is 322 g/mol. The van der Waals surface area contributed by atoms with E-state index in [-0.39, 0.29) is 18.0 Å². The predicted octanol–water partition coefficient (Wildman–Crippen LogP) is 4.12. The molecule has 1 rings (SSSR count). The van der Waals surface area contributed by atoms with Crippen LogP contribution >= 0.6 is 22.6 Å². The van der Waals surface area contributed by atoms with Gasteiger partial charge in [-0.15, -0.1) is 0 Å². The van der Waals surface area contributed by atoms with Gasteiger partial charge in [0.2, 0.25) is 0 Å². The van der Waals surface area contributed by atoms with Crippen molar-refractivity contribution >= 4 is 22.6 Å². The molecule has 0 bridgehead atoms. The Hall–Kier alpha value is -0.160. The molecule has 0 fully saturated rings. The number of hydrogen-bond acceptors (Lipinski definition) is 1. The van der Waals surface area contributed by atoms with Crippen LogP contribution in [0.5, 0.6) is 0 Å². The van der Waals surface area contributed by atoms with Gasteiger partial charge in [0.15, 0.2) is 0 Å². The van der Waals surface area contributed by atoms with Crippen LogP contribution in [0.2, 0.25) is 0 Å². The van der Waals surface area contributed by atoms with Crippen LogP contribution in [0.4, 0.5) is 4.39 Å². The van der Waals surface area contributed by atoms with Crippen molar-refractivity contribution in [3.8, 4) is 0 Å². The van der Waals surface area contributed by atoms with Crippen LogP contribution in [0.25, 0.3) is 0 Å². The second-order valence-electron chi connectivity index (χ2n) is 3.55. The summed E-state index contributed by atoms with van der Waals surface area (Å²) in [7, 11) is 0. The van der Waals surface area contributed by atoms with Crippen molar-refractivity contribution in [1.29, 1.82) is 0 Å². The lowest BCUT2D eigenvalue weighted by atomic mass is 10.1. The zero-order chi connectivity index (χ0) is 11.3. The molecule has 1 nitrogen and oxygen atoms in total. The Kier molecular flexibility index (Phi) is 5.53. The van der Waals surface area contributed by atoms with Crippen molar-refractivity contribution in [2.45, 2.75) is 32.5 Å². The first-order chi connectivity index (χ1) is 7.17. The summed E-state index contributed by atoms with van der Waals surface area (Å²) in [6, 6.07) is 6.55. The minimum atomic E-state index is -0.200. The summed E-state index contributed by atoms with van der Waals surface area (Å²) in [5, 5.41) is 0. The number of rotatable bonds is 5. The topological polar surface area (TPSA) is 9.23 Å². The van der Waals surface area contributed by atoms with Crippen molar-refractivity contribution in [2.24, 2.45) is 0 Å². The van der Waals surface area contributed by atoms with E-state index in [1.54, 1.807) is 12.1 Å². The van der Waals surface area contributed by atoms with Crippen LogP contribution in [0.15, 0.2) is 24.3 Å². The summed E-state index contributed by atoms with van der Waals surface area (Å²) >= 11 is 2.29. The normalized spacial score (nSPS) is 14.9. The van der Waals surface area contributed by atoms with Gasteiger partial charge in [0.05, 0.1) is 12.2 Å². The molecular weight excluding hydrogens is 306 g/mol. The molecule has 0 saturated carbocycles. The molecule has 2 unspecified atom stereocenters. The van der Waals surface area contributed by atoms with Gasteiger partial charge in [-0.25, -0.2) is 4.39 Å². The van der Waals surface area contributed by atoms with E-state index >= 15 is 0 Å². The second kappa shape index (κ2) is 6.43. The molecule has 2 atom stereocenters. The van der Waals surface area contributed by atoms with E-state index in [0.29, 0.717) is 0 Å². The maximum absolute atomic E-state index is 12.7. The number of halogens is 2. The molecule has 0 spiro atoms. The third kappa shape index (κ3) is 4.07. The van der Waals surface area contributed by atoms with Crippen LogP contribution in [0.3, 0.4) is 0 Å². The van der Waals surface area contributed by atoms with E-state index in [1.807, 2.05) is 0 Å². The Morgan fingerprint density at radius 2 is 1.93 bits per heavy atom. The van der Waals surface area contributed by atoms with Gasteiger partial charge in [-0.3, -0.25) is 0 Å². The van der Waals surface area contributed by atoms with Gasteiger partial charge < -0.3 is 4.74 Å². The van der Waals surface area contributed by atoms with Gasteiger partial charge in [-0.2, -0.15) is 0 Å². The minimum Gasteiger partial charge on any atom is -0.370 e. The van der Waals surface area contributed by atoms with Gasteiger partial charge >= 0.3 is 0 Å². The van der Waals surface area contributed by atoms with E-state index in [2.05, 4.69) is 36.4 Å². The van der Waals surface area contributed by atoms with Crippen molar-refractivity contribution in [1.82, 2.24) is 0 Å². The minimum absolute atomic E-state index is 0.0705. The summed E-state index contributed by atoms with van der Waals surface area (Å²) in [4.78, 5) is 0. The maximum atomic E-state index is 12.7. The third-order valence-corrected chi connectivity index (χ3v) is 3.15. The van der Waals surface area contributed by atoms with Crippen LogP contribution in [0.1, 0.15) is 31.9 Å². The van der Waals surface area contributed by atoms with E-state index in [1.165, 1.54) is 12.1 Å². The van der Waals surface area contributed by atoms with Gasteiger partial charge in [0.1, 0.15) is 5.82 Å². The van der Waals surface area contributed by atoms with Gasteiger partial charge in [0.25, 0.3) is 0 Å². The fourth-order valence-electron chi connectivity index (χ4n) is 1.26. The molecule has 0 aliphatic heterocycles. The Labute approximate surface area is 104 Å². The van der Waals surface area contributed by atoms with Crippen molar-refractivity contribution in [3.63, 3.8) is 0 Å². The number of ether oxygens (including phenoxy) is 1. The van der Waals surface area contributed by atoms with Crippen LogP contribution < -0.4 is 0 Å². The standard InChI is InChI=1S/C12H16FIO/c1-3-9(2)15-12(8-14)10-4-6-11(13)7-5-10/h4-7,9,12H,3,8H2,1-2H3. The summed E-state index contributed by atoms with van der Waals surface area (Å²) in [6.45, 7) is 4.16. The van der Waals surface area contributed by atoms with E-state index in [4.69, 9.17) is 4.74 Å². The van der Waals surface area contributed by atoms with Crippen molar-refractivity contribution < 1.29 is 9.13 Å². The molecule has 0 N–H and O–H groups in total. The third-order valence-electron chi connectivity index (χ3n) is 2.35. The second-order valence-corrected chi connectivity index (χ2v) is 4.43. The molecule has 0 aromatic heterocycles. The van der Waals surface area contributed by atoms with E-state index < -0.39 is 0 Å². The predicted molar refractivity (Wildman–Crippen MR) is 68.9 cm³/mol. The lowest BCUT2D eigenvalue weighted by Gasteiger charge is -2.20. The average Bonchev–Trinajstić information content (AvgIpc) is 2.27. The first kappa shape index (κ1) is 12.9. The highest BCUT2D eigenvalue weighted by atomic mass is 127.